The van der Waals surface area contributed by atoms with Crippen molar-refractivity contribution < 1.29 is 9.53 Å². The van der Waals surface area contributed by atoms with E-state index in [9.17, 15) is 4.79 Å². The van der Waals surface area contributed by atoms with Crippen molar-refractivity contribution >= 4 is 34.6 Å². The van der Waals surface area contributed by atoms with Crippen LogP contribution >= 0.6 is 22.6 Å². The average Bonchev–Trinajstić information content (AvgIpc) is 2.47. The maximum atomic E-state index is 12.0. The van der Waals surface area contributed by atoms with Gasteiger partial charge in [-0.2, -0.15) is 0 Å². The fourth-order valence-electron chi connectivity index (χ4n) is 2.83. The molecule has 2 atom stereocenters. The molecule has 0 amide bonds. The van der Waals surface area contributed by atoms with Crippen LogP contribution in [0.25, 0.3) is 6.08 Å². The topological polar surface area (TPSA) is 29.5 Å². The Morgan fingerprint density at radius 1 is 1.40 bits per heavy atom. The number of piperidine rings is 1. The van der Waals surface area contributed by atoms with E-state index in [-0.39, 0.29) is 17.8 Å². The molecule has 108 valence electrons. The van der Waals surface area contributed by atoms with Gasteiger partial charge in [-0.3, -0.25) is 4.79 Å². The lowest BCUT2D eigenvalue weighted by Crippen LogP contribution is -2.41. The highest BCUT2D eigenvalue weighted by Gasteiger charge is 2.34. The van der Waals surface area contributed by atoms with Gasteiger partial charge in [0.05, 0.1) is 13.0 Å². The Morgan fingerprint density at radius 3 is 2.70 bits per heavy atom. The molecule has 1 saturated heterocycles. The first kappa shape index (κ1) is 15.5. The summed E-state index contributed by atoms with van der Waals surface area (Å²) in [4.78, 5) is 14.2. The maximum absolute atomic E-state index is 12.0. The molecule has 0 spiro atoms. The van der Waals surface area contributed by atoms with Crippen molar-refractivity contribution in [2.24, 2.45) is 5.92 Å². The van der Waals surface area contributed by atoms with Gasteiger partial charge in [0, 0.05) is 6.54 Å². The Bertz CT molecular complexity index is 484. The third kappa shape index (κ3) is 3.61. The van der Waals surface area contributed by atoms with Gasteiger partial charge in [0.2, 0.25) is 0 Å². The van der Waals surface area contributed by atoms with E-state index in [1.54, 1.807) is 0 Å². The molecule has 20 heavy (non-hydrogen) atoms. The van der Waals surface area contributed by atoms with E-state index in [0.717, 1.165) is 19.5 Å². The van der Waals surface area contributed by atoms with Crippen molar-refractivity contribution in [1.82, 2.24) is 4.90 Å². The summed E-state index contributed by atoms with van der Waals surface area (Å²) >= 11 is 2.21. The molecule has 1 aromatic carbocycles. The lowest BCUT2D eigenvalue weighted by atomic mass is 9.80. The lowest BCUT2D eigenvalue weighted by molar-refractivity contribution is -0.148. The van der Waals surface area contributed by atoms with Crippen LogP contribution < -0.4 is 0 Å². The summed E-state index contributed by atoms with van der Waals surface area (Å²) in [6, 6.07) is 8.49. The summed E-state index contributed by atoms with van der Waals surface area (Å²) in [5.74, 6) is 0.0961. The molecule has 0 bridgehead atoms. The number of nitrogens with zero attached hydrogens (tertiary/aromatic N) is 1. The number of hydrogen-bond acceptors (Lipinski definition) is 3. The third-order valence-corrected chi connectivity index (χ3v) is 4.30. The second-order valence-electron chi connectivity index (χ2n) is 5.25. The van der Waals surface area contributed by atoms with Crippen molar-refractivity contribution in [1.29, 1.82) is 0 Å². The first-order chi connectivity index (χ1) is 9.65. The number of esters is 1. The number of hydrogen-bond donors (Lipinski definition) is 0. The Labute approximate surface area is 134 Å². The number of ether oxygens (including phenoxy) is 1. The van der Waals surface area contributed by atoms with Gasteiger partial charge in [0.1, 0.15) is 0 Å². The molecular formula is C16H20INO2. The molecule has 1 heterocycles. The van der Waals surface area contributed by atoms with Crippen LogP contribution in [0.4, 0.5) is 0 Å². The van der Waals surface area contributed by atoms with Gasteiger partial charge in [-0.25, -0.2) is 0 Å². The van der Waals surface area contributed by atoms with Gasteiger partial charge in [0.15, 0.2) is 0 Å². The quantitative estimate of drug-likeness (QED) is 0.591. The third-order valence-electron chi connectivity index (χ3n) is 3.94. The predicted octanol–water partition coefficient (Wildman–Crippen LogP) is 3.30. The standard InChI is InChI=1S/C16H20INO2/c1-18-10-8-14(15(11-18)16(19)20-2)13-5-3-12(4-6-13)7-9-17/h3-7,9,14-15H,8,10-11H2,1-2H3/b9-7-/t14-,15-/m1/s1. The van der Waals surface area contributed by atoms with Crippen molar-refractivity contribution in [2.75, 3.05) is 27.2 Å². The summed E-state index contributed by atoms with van der Waals surface area (Å²) in [6.45, 7) is 1.79. The van der Waals surface area contributed by atoms with Crippen LogP contribution in [0.3, 0.4) is 0 Å². The number of halogens is 1. The smallest absolute Gasteiger partial charge is 0.310 e. The molecule has 1 aromatic rings. The molecule has 1 fully saturated rings. The van der Waals surface area contributed by atoms with Crippen LogP contribution in [0.15, 0.2) is 28.3 Å². The molecule has 1 aliphatic heterocycles. The fraction of sp³-hybridized carbons (Fsp3) is 0.438. The minimum atomic E-state index is -0.0993. The number of carbonyl (C=O) groups is 1. The number of rotatable bonds is 3. The zero-order chi connectivity index (χ0) is 14.5. The zero-order valence-corrected chi connectivity index (χ0v) is 14.0. The highest BCUT2D eigenvalue weighted by Crippen LogP contribution is 2.33. The van der Waals surface area contributed by atoms with E-state index in [4.69, 9.17) is 4.74 Å². The minimum Gasteiger partial charge on any atom is -0.469 e. The van der Waals surface area contributed by atoms with E-state index in [2.05, 4.69) is 64.9 Å². The normalized spacial score (nSPS) is 23.9. The molecule has 0 N–H and O–H groups in total. The molecule has 2 rings (SSSR count). The molecule has 0 unspecified atom stereocenters. The monoisotopic (exact) mass is 385 g/mol. The number of likely N-dealkylation sites (tertiary alicyclic amines) is 1. The summed E-state index contributed by atoms with van der Waals surface area (Å²) in [6.07, 6.45) is 3.06. The number of benzene rings is 1. The minimum absolute atomic E-state index is 0.0651. The van der Waals surface area contributed by atoms with Gasteiger partial charge < -0.3 is 9.64 Å². The van der Waals surface area contributed by atoms with Crippen molar-refractivity contribution in [2.45, 2.75) is 12.3 Å². The van der Waals surface area contributed by atoms with Crippen LogP contribution in [0.1, 0.15) is 23.5 Å². The van der Waals surface area contributed by atoms with Gasteiger partial charge in [-0.1, -0.05) is 46.9 Å². The van der Waals surface area contributed by atoms with E-state index in [1.807, 2.05) is 4.08 Å². The fourth-order valence-corrected chi connectivity index (χ4v) is 3.25. The second kappa shape index (κ2) is 7.22. The van der Waals surface area contributed by atoms with Crippen LogP contribution in [0, 0.1) is 5.92 Å². The molecule has 0 saturated carbocycles. The molecule has 0 aliphatic carbocycles. The first-order valence-corrected chi connectivity index (χ1v) is 8.03. The van der Waals surface area contributed by atoms with Gasteiger partial charge >= 0.3 is 5.97 Å². The molecule has 4 heteroatoms. The van der Waals surface area contributed by atoms with Crippen molar-refractivity contribution in [3.8, 4) is 0 Å². The summed E-state index contributed by atoms with van der Waals surface area (Å²) in [7, 11) is 3.53. The maximum Gasteiger partial charge on any atom is 0.310 e. The van der Waals surface area contributed by atoms with Gasteiger partial charge in [0.25, 0.3) is 0 Å². The molecule has 1 aliphatic rings. The van der Waals surface area contributed by atoms with Crippen LogP contribution in [-0.2, 0) is 9.53 Å². The van der Waals surface area contributed by atoms with Crippen molar-refractivity contribution in [3.63, 3.8) is 0 Å². The van der Waals surface area contributed by atoms with E-state index in [0.29, 0.717) is 0 Å². The highest BCUT2D eigenvalue weighted by atomic mass is 127. The van der Waals surface area contributed by atoms with Crippen LogP contribution in [0.5, 0.6) is 0 Å². The number of carbonyl (C=O) groups excluding carboxylic acids is 1. The average molecular weight is 385 g/mol. The molecule has 0 radical (unpaired) electrons. The number of methoxy groups -OCH3 is 1. The Hall–Kier alpha value is -0.880. The van der Waals surface area contributed by atoms with E-state index < -0.39 is 0 Å². The Balaban J connectivity index is 2.21. The van der Waals surface area contributed by atoms with Crippen LogP contribution in [0.2, 0.25) is 0 Å². The molecule has 0 aromatic heterocycles. The van der Waals surface area contributed by atoms with Crippen molar-refractivity contribution in [3.05, 3.63) is 39.5 Å². The summed E-state index contributed by atoms with van der Waals surface area (Å²) in [5.41, 5.74) is 2.42. The van der Waals surface area contributed by atoms with Crippen LogP contribution in [-0.4, -0.2) is 38.1 Å². The first-order valence-electron chi connectivity index (χ1n) is 6.78. The summed E-state index contributed by atoms with van der Waals surface area (Å²) in [5, 5.41) is 0. The SMILES string of the molecule is COC(=O)[C@@H]1CN(C)CC[C@@H]1c1ccc(/C=C\I)cc1. The predicted molar refractivity (Wildman–Crippen MR) is 89.9 cm³/mol. The zero-order valence-electron chi connectivity index (χ0n) is 11.9. The van der Waals surface area contributed by atoms with E-state index >= 15 is 0 Å². The Morgan fingerprint density at radius 2 is 2.10 bits per heavy atom. The molecular weight excluding hydrogens is 365 g/mol. The highest BCUT2D eigenvalue weighted by molar-refractivity contribution is 14.1. The Kier molecular flexibility index (Phi) is 5.60. The van der Waals surface area contributed by atoms with E-state index in [1.165, 1.54) is 18.2 Å². The lowest BCUT2D eigenvalue weighted by Gasteiger charge is -2.35. The summed E-state index contributed by atoms with van der Waals surface area (Å²) < 4.78 is 6.97. The molecule has 3 nitrogen and oxygen atoms in total. The second-order valence-corrected chi connectivity index (χ2v) is 5.97. The van der Waals surface area contributed by atoms with Gasteiger partial charge in [-0.05, 0) is 47.2 Å². The van der Waals surface area contributed by atoms with Gasteiger partial charge in [-0.15, -0.1) is 0 Å². The largest absolute Gasteiger partial charge is 0.469 e.